The SMILES string of the molecule is O=C([O-])c1ccc(S)c(-c2cccs2)c1.[Na+]. The van der Waals surface area contributed by atoms with E-state index in [2.05, 4.69) is 12.6 Å². The first-order chi connectivity index (χ1) is 7.18. The van der Waals surface area contributed by atoms with E-state index in [0.29, 0.717) is 0 Å². The summed E-state index contributed by atoms with van der Waals surface area (Å²) in [6, 6.07) is 8.60. The number of hydrogen-bond acceptors (Lipinski definition) is 4. The summed E-state index contributed by atoms with van der Waals surface area (Å²) in [7, 11) is 0. The van der Waals surface area contributed by atoms with Gasteiger partial charge in [0.1, 0.15) is 0 Å². The second-order valence-corrected chi connectivity index (χ2v) is 4.43. The first-order valence-electron chi connectivity index (χ1n) is 4.27. The number of carboxylic acids is 1. The van der Waals surface area contributed by atoms with Gasteiger partial charge in [-0.1, -0.05) is 12.1 Å². The molecule has 1 aromatic carbocycles. The van der Waals surface area contributed by atoms with E-state index in [1.165, 1.54) is 6.07 Å². The molecular weight excluding hydrogens is 251 g/mol. The molecule has 0 fully saturated rings. The molecule has 0 aliphatic rings. The zero-order chi connectivity index (χ0) is 10.8. The van der Waals surface area contributed by atoms with Crippen LogP contribution in [0.2, 0.25) is 0 Å². The molecule has 1 heterocycles. The number of thiophene rings is 1. The number of carboxylic acid groups (broad SMARTS) is 1. The molecule has 0 spiro atoms. The summed E-state index contributed by atoms with van der Waals surface area (Å²) in [5, 5.41) is 12.6. The Labute approximate surface area is 125 Å². The molecular formula is C11H7NaO2S2. The molecule has 2 aromatic rings. The average molecular weight is 258 g/mol. The topological polar surface area (TPSA) is 40.1 Å². The van der Waals surface area contributed by atoms with Crippen molar-refractivity contribution in [3.63, 3.8) is 0 Å². The minimum Gasteiger partial charge on any atom is -0.545 e. The summed E-state index contributed by atoms with van der Waals surface area (Å²) in [5.74, 6) is -1.17. The summed E-state index contributed by atoms with van der Waals surface area (Å²) in [6.07, 6.45) is 0. The average Bonchev–Trinajstić information content (AvgIpc) is 2.71. The predicted molar refractivity (Wildman–Crippen MR) is 61.3 cm³/mol. The molecule has 2 nitrogen and oxygen atoms in total. The molecule has 0 N–H and O–H groups in total. The normalized spacial score (nSPS) is 9.56. The van der Waals surface area contributed by atoms with Crippen LogP contribution in [0.5, 0.6) is 0 Å². The molecule has 0 atom stereocenters. The third-order valence-corrected chi connectivity index (χ3v) is 3.31. The van der Waals surface area contributed by atoms with Crippen molar-refractivity contribution in [2.45, 2.75) is 4.90 Å². The molecule has 76 valence electrons. The van der Waals surface area contributed by atoms with Gasteiger partial charge in [0.15, 0.2) is 0 Å². The smallest absolute Gasteiger partial charge is 0.545 e. The second-order valence-electron chi connectivity index (χ2n) is 3.00. The Balaban J connectivity index is 0.00000128. The summed E-state index contributed by atoms with van der Waals surface area (Å²) in [5.41, 5.74) is 1.01. The zero-order valence-electron chi connectivity index (χ0n) is 8.64. The molecule has 2 rings (SSSR count). The van der Waals surface area contributed by atoms with Gasteiger partial charge in [-0.25, -0.2) is 0 Å². The molecule has 0 aliphatic carbocycles. The predicted octanol–water partition coefficient (Wildman–Crippen LogP) is -0.929. The van der Waals surface area contributed by atoms with Gasteiger partial charge < -0.3 is 9.90 Å². The van der Waals surface area contributed by atoms with E-state index in [1.807, 2.05) is 17.5 Å². The first kappa shape index (κ1) is 13.8. The van der Waals surface area contributed by atoms with Crippen molar-refractivity contribution in [2.24, 2.45) is 0 Å². The largest absolute Gasteiger partial charge is 1.00 e. The molecule has 16 heavy (non-hydrogen) atoms. The maximum absolute atomic E-state index is 10.7. The molecule has 5 heteroatoms. The third-order valence-electron chi connectivity index (χ3n) is 2.02. The second kappa shape index (κ2) is 5.89. The Bertz CT molecular complexity index is 495. The Hall–Kier alpha value is -0.260. The maximum Gasteiger partial charge on any atom is 1.00 e. The maximum atomic E-state index is 10.7. The van der Waals surface area contributed by atoms with Crippen LogP contribution in [0.4, 0.5) is 0 Å². The van der Waals surface area contributed by atoms with Crippen molar-refractivity contribution in [3.8, 4) is 10.4 Å². The summed E-state index contributed by atoms with van der Waals surface area (Å²) in [4.78, 5) is 12.5. The number of rotatable bonds is 2. The van der Waals surface area contributed by atoms with E-state index in [4.69, 9.17) is 0 Å². The fourth-order valence-electron chi connectivity index (χ4n) is 1.29. The van der Waals surface area contributed by atoms with Gasteiger partial charge in [-0.3, -0.25) is 0 Å². The Morgan fingerprint density at radius 1 is 1.31 bits per heavy atom. The molecule has 0 radical (unpaired) electrons. The van der Waals surface area contributed by atoms with E-state index >= 15 is 0 Å². The van der Waals surface area contributed by atoms with Crippen LogP contribution in [0.15, 0.2) is 40.6 Å². The van der Waals surface area contributed by atoms with Gasteiger partial charge >= 0.3 is 29.6 Å². The van der Waals surface area contributed by atoms with Gasteiger partial charge in [0.2, 0.25) is 0 Å². The Morgan fingerprint density at radius 2 is 2.06 bits per heavy atom. The molecule has 0 bridgehead atoms. The fourth-order valence-corrected chi connectivity index (χ4v) is 2.38. The van der Waals surface area contributed by atoms with Crippen molar-refractivity contribution < 1.29 is 39.5 Å². The van der Waals surface area contributed by atoms with Crippen LogP contribution in [0.1, 0.15) is 10.4 Å². The summed E-state index contributed by atoms with van der Waals surface area (Å²) >= 11 is 5.84. The molecule has 0 saturated carbocycles. The first-order valence-corrected chi connectivity index (χ1v) is 5.59. The van der Waals surface area contributed by atoms with Gasteiger partial charge in [0, 0.05) is 15.3 Å². The molecule has 0 amide bonds. The van der Waals surface area contributed by atoms with Gasteiger partial charge in [0.25, 0.3) is 0 Å². The Morgan fingerprint density at radius 3 is 2.62 bits per heavy atom. The van der Waals surface area contributed by atoms with Crippen LogP contribution < -0.4 is 34.7 Å². The van der Waals surface area contributed by atoms with Crippen molar-refractivity contribution in [2.75, 3.05) is 0 Å². The standard InChI is InChI=1S/C11H8O2S2.Na/c12-11(13)7-3-4-9(14)8(6-7)10-2-1-5-15-10;/h1-6,14H,(H,12,13);/q;+1/p-1. The van der Waals surface area contributed by atoms with Crippen LogP contribution >= 0.6 is 24.0 Å². The number of hydrogen-bond donors (Lipinski definition) is 1. The van der Waals surface area contributed by atoms with Crippen LogP contribution in [0.3, 0.4) is 0 Å². The molecule has 0 unspecified atom stereocenters. The van der Waals surface area contributed by atoms with Gasteiger partial charge in [-0.05, 0) is 29.1 Å². The summed E-state index contributed by atoms with van der Waals surface area (Å²) < 4.78 is 0. The number of aromatic carboxylic acids is 1. The van der Waals surface area contributed by atoms with Crippen molar-refractivity contribution in [3.05, 3.63) is 41.3 Å². The van der Waals surface area contributed by atoms with E-state index in [-0.39, 0.29) is 35.1 Å². The number of thiol groups is 1. The van der Waals surface area contributed by atoms with E-state index in [9.17, 15) is 9.90 Å². The quantitative estimate of drug-likeness (QED) is 0.558. The third kappa shape index (κ3) is 2.90. The van der Waals surface area contributed by atoms with E-state index < -0.39 is 5.97 Å². The molecule has 1 aromatic heterocycles. The fraction of sp³-hybridized carbons (Fsp3) is 0. The zero-order valence-corrected chi connectivity index (χ0v) is 12.3. The van der Waals surface area contributed by atoms with E-state index in [1.54, 1.807) is 23.5 Å². The number of benzene rings is 1. The van der Waals surface area contributed by atoms with Crippen molar-refractivity contribution >= 4 is 29.9 Å². The monoisotopic (exact) mass is 258 g/mol. The summed E-state index contributed by atoms with van der Waals surface area (Å²) in [6.45, 7) is 0. The van der Waals surface area contributed by atoms with E-state index in [0.717, 1.165) is 15.3 Å². The van der Waals surface area contributed by atoms with Crippen molar-refractivity contribution in [1.82, 2.24) is 0 Å². The Kier molecular flexibility index (Phi) is 5.08. The van der Waals surface area contributed by atoms with Gasteiger partial charge in [-0.15, -0.1) is 24.0 Å². The number of carbonyl (C=O) groups excluding carboxylic acids is 1. The minimum absolute atomic E-state index is 0. The van der Waals surface area contributed by atoms with Crippen LogP contribution in [-0.2, 0) is 0 Å². The van der Waals surface area contributed by atoms with Crippen LogP contribution in [0.25, 0.3) is 10.4 Å². The van der Waals surface area contributed by atoms with Crippen LogP contribution in [0, 0.1) is 0 Å². The van der Waals surface area contributed by atoms with Crippen molar-refractivity contribution in [1.29, 1.82) is 0 Å². The molecule has 0 saturated heterocycles. The van der Waals surface area contributed by atoms with Crippen LogP contribution in [-0.4, -0.2) is 5.97 Å². The molecule has 0 aliphatic heterocycles. The van der Waals surface area contributed by atoms with Gasteiger partial charge in [-0.2, -0.15) is 0 Å². The van der Waals surface area contributed by atoms with Gasteiger partial charge in [0.05, 0.1) is 5.97 Å². The number of carbonyl (C=O) groups is 1. The minimum atomic E-state index is -1.17.